The Morgan fingerprint density at radius 1 is 1.24 bits per heavy atom. The number of allylic oxidation sites excluding steroid dienone is 4. The van der Waals surface area contributed by atoms with Crippen LogP contribution in [0.15, 0.2) is 23.8 Å². The summed E-state index contributed by atoms with van der Waals surface area (Å²) in [6.45, 7) is 5.13. The number of carbonyl (C=O) groups is 3. The highest BCUT2D eigenvalue weighted by atomic mass is 19.1. The second-order valence-electron chi connectivity index (χ2n) is 9.84. The second-order valence-corrected chi connectivity index (χ2v) is 9.84. The van der Waals surface area contributed by atoms with Gasteiger partial charge in [0.05, 0.1) is 6.10 Å². The van der Waals surface area contributed by atoms with Gasteiger partial charge in [0.15, 0.2) is 5.78 Å². The molecular formula is C22H27FO6. The summed E-state index contributed by atoms with van der Waals surface area (Å²) >= 11 is 0. The zero-order chi connectivity index (χ0) is 21.5. The first-order chi connectivity index (χ1) is 13.4. The molecule has 4 aliphatic carbocycles. The van der Waals surface area contributed by atoms with Crippen molar-refractivity contribution in [2.75, 3.05) is 0 Å². The molecule has 3 N–H and O–H groups in total. The smallest absolute Gasteiger partial charge is 0.375 e. The van der Waals surface area contributed by atoms with Gasteiger partial charge in [-0.2, -0.15) is 0 Å². The third-order valence-corrected chi connectivity index (χ3v) is 8.60. The van der Waals surface area contributed by atoms with Crippen LogP contribution in [-0.4, -0.2) is 50.7 Å². The number of aliphatic hydroxyl groups is 2. The Kier molecular flexibility index (Phi) is 4.28. The number of halogens is 1. The number of alkyl halides is 1. The van der Waals surface area contributed by atoms with Crippen LogP contribution < -0.4 is 0 Å². The van der Waals surface area contributed by atoms with Gasteiger partial charge in [0.1, 0.15) is 11.8 Å². The molecule has 3 saturated carbocycles. The predicted molar refractivity (Wildman–Crippen MR) is 100 cm³/mol. The van der Waals surface area contributed by atoms with Crippen LogP contribution >= 0.6 is 0 Å². The highest BCUT2D eigenvalue weighted by molar-refractivity contribution is 6.36. The van der Waals surface area contributed by atoms with Crippen LogP contribution in [0, 0.1) is 34.5 Å². The molecule has 0 amide bonds. The van der Waals surface area contributed by atoms with Crippen LogP contribution in [0.25, 0.3) is 0 Å². The number of carboxylic acids is 1. The van der Waals surface area contributed by atoms with Gasteiger partial charge in [0.25, 0.3) is 5.78 Å². The first-order valence-corrected chi connectivity index (χ1v) is 10.2. The van der Waals surface area contributed by atoms with E-state index in [0.717, 1.165) is 0 Å². The van der Waals surface area contributed by atoms with Gasteiger partial charge in [-0.3, -0.25) is 9.59 Å². The Morgan fingerprint density at radius 3 is 2.52 bits per heavy atom. The summed E-state index contributed by atoms with van der Waals surface area (Å²) in [7, 11) is 0. The third-order valence-electron chi connectivity index (χ3n) is 8.60. The number of hydrogen-bond acceptors (Lipinski definition) is 5. The quantitative estimate of drug-likeness (QED) is 0.604. The molecule has 7 heteroatoms. The van der Waals surface area contributed by atoms with E-state index >= 15 is 4.39 Å². The molecule has 9 atom stereocenters. The largest absolute Gasteiger partial charge is 0.475 e. The van der Waals surface area contributed by atoms with Crippen LogP contribution in [0.1, 0.15) is 40.0 Å². The molecule has 4 aliphatic rings. The summed E-state index contributed by atoms with van der Waals surface area (Å²) in [5, 5.41) is 31.8. The molecule has 4 rings (SSSR count). The van der Waals surface area contributed by atoms with E-state index in [9.17, 15) is 29.7 Å². The summed E-state index contributed by atoms with van der Waals surface area (Å²) in [6.07, 6.45) is 2.55. The molecule has 0 spiro atoms. The molecule has 0 heterocycles. The molecule has 0 aromatic carbocycles. The Bertz CT molecular complexity index is 863. The lowest BCUT2D eigenvalue weighted by Gasteiger charge is -2.60. The summed E-state index contributed by atoms with van der Waals surface area (Å²) in [4.78, 5) is 35.8. The van der Waals surface area contributed by atoms with Crippen molar-refractivity contribution in [3.63, 3.8) is 0 Å². The van der Waals surface area contributed by atoms with E-state index in [1.807, 2.05) is 6.92 Å². The SMILES string of the molecule is C[C@H]1C[C@H]2[C@@H]3C[C@H](F)C4=CC(=O)C=C[C@]4(C)[C@H]3[C@@H](O)C[C@]2(C)[C@@]1(O)C(=O)C(=O)O. The van der Waals surface area contributed by atoms with Gasteiger partial charge in [-0.25, -0.2) is 9.18 Å². The summed E-state index contributed by atoms with van der Waals surface area (Å²) in [6, 6.07) is 0. The molecule has 29 heavy (non-hydrogen) atoms. The third kappa shape index (κ3) is 2.37. The highest BCUT2D eigenvalue weighted by Crippen LogP contribution is 2.68. The van der Waals surface area contributed by atoms with Gasteiger partial charge >= 0.3 is 5.97 Å². The molecule has 6 nitrogen and oxygen atoms in total. The van der Waals surface area contributed by atoms with Gasteiger partial charge in [0, 0.05) is 16.7 Å². The molecule has 0 unspecified atom stereocenters. The van der Waals surface area contributed by atoms with Crippen molar-refractivity contribution in [3.05, 3.63) is 23.8 Å². The number of carbonyl (C=O) groups excluding carboxylic acids is 2. The van der Waals surface area contributed by atoms with Crippen molar-refractivity contribution in [1.82, 2.24) is 0 Å². The minimum Gasteiger partial charge on any atom is -0.475 e. The Morgan fingerprint density at radius 2 is 1.90 bits per heavy atom. The summed E-state index contributed by atoms with van der Waals surface area (Å²) in [5.41, 5.74) is -3.75. The minimum atomic E-state index is -2.11. The fourth-order valence-electron chi connectivity index (χ4n) is 7.32. The number of carboxylic acid groups (broad SMARTS) is 1. The molecule has 0 radical (unpaired) electrons. The normalized spacial score (nSPS) is 51.0. The van der Waals surface area contributed by atoms with Crippen molar-refractivity contribution in [3.8, 4) is 0 Å². The maximum atomic E-state index is 15.2. The average Bonchev–Trinajstić information content (AvgIpc) is 2.83. The number of hydrogen-bond donors (Lipinski definition) is 3. The number of aliphatic carboxylic acids is 1. The Labute approximate surface area is 168 Å². The molecule has 0 aromatic heterocycles. The van der Waals surface area contributed by atoms with Crippen LogP contribution in [0.3, 0.4) is 0 Å². The van der Waals surface area contributed by atoms with Gasteiger partial charge in [-0.05, 0) is 54.7 Å². The lowest BCUT2D eigenvalue weighted by atomic mass is 9.46. The Balaban J connectivity index is 1.82. The predicted octanol–water partition coefficient (Wildman–Crippen LogP) is 1.84. The monoisotopic (exact) mass is 406 g/mol. The molecular weight excluding hydrogens is 379 g/mol. The molecule has 158 valence electrons. The lowest BCUT2D eigenvalue weighted by Crippen LogP contribution is -2.64. The fraction of sp³-hybridized carbons (Fsp3) is 0.682. The standard InChI is InChI=1S/C22H27FO6/c1-10-6-13-12-8-15(23)14-7-11(24)4-5-20(14,2)17(12)16(25)9-21(13,3)22(10,29)18(26)19(27)28/h4-5,7,10,12-13,15-17,25,29H,6,8-9H2,1-3H3,(H,27,28)/t10-,12-,13-,15-,16-,17+,20-,21-,22-/m0/s1. The van der Waals surface area contributed by atoms with Crippen molar-refractivity contribution < 1.29 is 34.1 Å². The van der Waals surface area contributed by atoms with E-state index in [2.05, 4.69) is 0 Å². The maximum absolute atomic E-state index is 15.2. The van der Waals surface area contributed by atoms with Crippen molar-refractivity contribution in [2.24, 2.45) is 34.5 Å². The number of rotatable bonds is 2. The van der Waals surface area contributed by atoms with Gasteiger partial charge in [-0.1, -0.05) is 26.8 Å². The van der Waals surface area contributed by atoms with Crippen LogP contribution in [-0.2, 0) is 14.4 Å². The van der Waals surface area contributed by atoms with Crippen LogP contribution in [0.4, 0.5) is 4.39 Å². The van der Waals surface area contributed by atoms with Crippen LogP contribution in [0.2, 0.25) is 0 Å². The van der Waals surface area contributed by atoms with Gasteiger partial charge in [0.2, 0.25) is 0 Å². The number of Topliss-reactive ketones (excluding diaryl/α,β-unsaturated/α-hetero) is 1. The lowest BCUT2D eigenvalue weighted by molar-refractivity contribution is -0.189. The van der Waals surface area contributed by atoms with Crippen LogP contribution in [0.5, 0.6) is 0 Å². The zero-order valence-electron chi connectivity index (χ0n) is 16.8. The number of aliphatic hydroxyl groups excluding tert-OH is 1. The van der Waals surface area contributed by atoms with E-state index in [1.54, 1.807) is 19.9 Å². The minimum absolute atomic E-state index is 0.0420. The van der Waals surface area contributed by atoms with E-state index in [1.165, 1.54) is 12.2 Å². The number of ketones is 2. The average molecular weight is 406 g/mol. The van der Waals surface area contributed by atoms with Gasteiger partial charge in [-0.15, -0.1) is 0 Å². The van der Waals surface area contributed by atoms with Crippen molar-refractivity contribution >= 4 is 17.5 Å². The first-order valence-electron chi connectivity index (χ1n) is 10.2. The van der Waals surface area contributed by atoms with E-state index in [4.69, 9.17) is 0 Å². The zero-order valence-corrected chi connectivity index (χ0v) is 16.8. The molecule has 0 aromatic rings. The molecule has 0 bridgehead atoms. The maximum Gasteiger partial charge on any atom is 0.375 e. The molecule has 0 aliphatic heterocycles. The van der Waals surface area contributed by atoms with E-state index in [0.29, 0.717) is 12.0 Å². The fourth-order valence-corrected chi connectivity index (χ4v) is 7.32. The van der Waals surface area contributed by atoms with Crippen molar-refractivity contribution in [2.45, 2.75) is 57.9 Å². The summed E-state index contributed by atoms with van der Waals surface area (Å²) in [5.74, 6) is -4.90. The Hall–Kier alpha value is -1.86. The number of fused-ring (bicyclic) bond motifs is 5. The summed E-state index contributed by atoms with van der Waals surface area (Å²) < 4.78 is 15.2. The highest BCUT2D eigenvalue weighted by Gasteiger charge is 2.72. The topological polar surface area (TPSA) is 112 Å². The van der Waals surface area contributed by atoms with E-state index < -0.39 is 46.4 Å². The van der Waals surface area contributed by atoms with E-state index in [-0.39, 0.29) is 36.4 Å². The second kappa shape index (κ2) is 6.08. The van der Waals surface area contributed by atoms with Crippen molar-refractivity contribution in [1.29, 1.82) is 0 Å². The molecule has 3 fully saturated rings. The van der Waals surface area contributed by atoms with Gasteiger partial charge < -0.3 is 15.3 Å². The molecule has 0 saturated heterocycles. The first kappa shape index (κ1) is 20.4.